The first-order valence-electron chi connectivity index (χ1n) is 5.83. The summed E-state index contributed by atoms with van der Waals surface area (Å²) in [5.41, 5.74) is 0.938. The van der Waals surface area contributed by atoms with Gasteiger partial charge in [0.25, 0.3) is 0 Å². The van der Waals surface area contributed by atoms with Crippen LogP contribution >= 0.6 is 0 Å². The van der Waals surface area contributed by atoms with Crippen molar-refractivity contribution in [2.75, 3.05) is 6.61 Å². The highest BCUT2D eigenvalue weighted by atomic mass is 19.1. The molecule has 0 spiro atoms. The van der Waals surface area contributed by atoms with Crippen LogP contribution in [0.3, 0.4) is 0 Å². The minimum Gasteiger partial charge on any atom is -0.394 e. The lowest BCUT2D eigenvalue weighted by Crippen LogP contribution is -2.14. The van der Waals surface area contributed by atoms with Gasteiger partial charge in [-0.05, 0) is 18.2 Å². The molecule has 0 aliphatic carbocycles. The molecule has 7 heteroatoms. The standard InChI is InChI=1S/C12H14F2N4O/c13-10-1-2-12(14)9(5-10)6-15-7-11-8-18(3-4-19)17-16-11/h1-2,5,8,15,19H,3-4,6-7H2. The van der Waals surface area contributed by atoms with Gasteiger partial charge in [-0.3, -0.25) is 0 Å². The molecule has 0 saturated heterocycles. The van der Waals surface area contributed by atoms with Gasteiger partial charge in [-0.1, -0.05) is 5.21 Å². The van der Waals surface area contributed by atoms with Crippen LogP contribution in [0.15, 0.2) is 24.4 Å². The van der Waals surface area contributed by atoms with E-state index in [1.165, 1.54) is 4.68 Å². The van der Waals surface area contributed by atoms with Crippen LogP contribution in [0.2, 0.25) is 0 Å². The van der Waals surface area contributed by atoms with E-state index in [1.807, 2.05) is 0 Å². The number of hydrogen-bond donors (Lipinski definition) is 2. The topological polar surface area (TPSA) is 63.0 Å². The molecule has 5 nitrogen and oxygen atoms in total. The maximum atomic E-state index is 13.3. The van der Waals surface area contributed by atoms with E-state index < -0.39 is 11.6 Å². The van der Waals surface area contributed by atoms with Crippen molar-refractivity contribution < 1.29 is 13.9 Å². The van der Waals surface area contributed by atoms with Crippen LogP contribution in [0.5, 0.6) is 0 Å². The molecular formula is C12H14F2N4O. The summed E-state index contributed by atoms with van der Waals surface area (Å²) in [5.74, 6) is -0.912. The normalized spacial score (nSPS) is 10.9. The predicted molar refractivity (Wildman–Crippen MR) is 64.0 cm³/mol. The molecular weight excluding hydrogens is 254 g/mol. The van der Waals surface area contributed by atoms with Gasteiger partial charge in [-0.2, -0.15) is 0 Å². The molecule has 2 aromatic rings. The van der Waals surface area contributed by atoms with Crippen LogP contribution in [-0.4, -0.2) is 26.7 Å². The summed E-state index contributed by atoms with van der Waals surface area (Å²) < 4.78 is 27.8. The van der Waals surface area contributed by atoms with Crippen LogP contribution in [0.25, 0.3) is 0 Å². The number of aliphatic hydroxyl groups is 1. The van der Waals surface area contributed by atoms with Gasteiger partial charge in [-0.15, -0.1) is 5.10 Å². The molecule has 0 atom stereocenters. The zero-order valence-electron chi connectivity index (χ0n) is 10.2. The van der Waals surface area contributed by atoms with Gasteiger partial charge in [0.15, 0.2) is 0 Å². The number of aliphatic hydroxyl groups excluding tert-OH is 1. The zero-order chi connectivity index (χ0) is 13.7. The number of nitrogens with zero attached hydrogens (tertiary/aromatic N) is 3. The van der Waals surface area contributed by atoms with Crippen molar-refractivity contribution in [3.8, 4) is 0 Å². The second-order valence-electron chi connectivity index (χ2n) is 4.04. The van der Waals surface area contributed by atoms with E-state index in [4.69, 9.17) is 5.11 Å². The molecule has 0 radical (unpaired) electrons. The molecule has 0 aliphatic heterocycles. The van der Waals surface area contributed by atoms with Crippen LogP contribution in [0.4, 0.5) is 8.78 Å². The third-order valence-electron chi connectivity index (χ3n) is 2.54. The Morgan fingerprint density at radius 1 is 1.26 bits per heavy atom. The van der Waals surface area contributed by atoms with Crippen molar-refractivity contribution in [3.63, 3.8) is 0 Å². The fourth-order valence-corrected chi connectivity index (χ4v) is 1.64. The minimum atomic E-state index is -0.466. The van der Waals surface area contributed by atoms with Crippen molar-refractivity contribution in [2.45, 2.75) is 19.6 Å². The Hall–Kier alpha value is -1.86. The maximum Gasteiger partial charge on any atom is 0.127 e. The third-order valence-corrected chi connectivity index (χ3v) is 2.54. The Morgan fingerprint density at radius 3 is 2.89 bits per heavy atom. The molecule has 102 valence electrons. The minimum absolute atomic E-state index is 0.00919. The number of hydrogen-bond acceptors (Lipinski definition) is 4. The molecule has 0 saturated carbocycles. The quantitative estimate of drug-likeness (QED) is 0.815. The third kappa shape index (κ3) is 3.80. The second kappa shape index (κ2) is 6.35. The Balaban J connectivity index is 1.87. The monoisotopic (exact) mass is 268 g/mol. The van der Waals surface area contributed by atoms with Gasteiger partial charge in [0.2, 0.25) is 0 Å². The highest BCUT2D eigenvalue weighted by Crippen LogP contribution is 2.09. The largest absolute Gasteiger partial charge is 0.394 e. The van der Waals surface area contributed by atoms with Gasteiger partial charge in [0.1, 0.15) is 11.6 Å². The SMILES string of the molecule is OCCn1cc(CNCc2cc(F)ccc2F)nn1. The summed E-state index contributed by atoms with van der Waals surface area (Å²) in [7, 11) is 0. The lowest BCUT2D eigenvalue weighted by molar-refractivity contribution is 0.268. The van der Waals surface area contributed by atoms with E-state index in [0.717, 1.165) is 18.2 Å². The van der Waals surface area contributed by atoms with Gasteiger partial charge in [0.05, 0.1) is 18.8 Å². The highest BCUT2D eigenvalue weighted by Gasteiger charge is 2.04. The van der Waals surface area contributed by atoms with Crippen LogP contribution in [0.1, 0.15) is 11.3 Å². The number of benzene rings is 1. The summed E-state index contributed by atoms with van der Waals surface area (Å²) >= 11 is 0. The first-order valence-corrected chi connectivity index (χ1v) is 5.83. The van der Waals surface area contributed by atoms with E-state index in [9.17, 15) is 8.78 Å². The summed E-state index contributed by atoms with van der Waals surface area (Å²) in [6.07, 6.45) is 1.69. The van der Waals surface area contributed by atoms with Gasteiger partial charge < -0.3 is 10.4 Å². The zero-order valence-corrected chi connectivity index (χ0v) is 10.2. The van der Waals surface area contributed by atoms with E-state index >= 15 is 0 Å². The number of rotatable bonds is 6. The molecule has 0 fully saturated rings. The van der Waals surface area contributed by atoms with Crippen molar-refractivity contribution in [2.24, 2.45) is 0 Å². The lowest BCUT2D eigenvalue weighted by Gasteiger charge is -2.04. The average molecular weight is 268 g/mol. The van der Waals surface area contributed by atoms with Crippen molar-refractivity contribution in [1.82, 2.24) is 20.3 Å². The Bertz CT molecular complexity index is 544. The molecule has 2 rings (SSSR count). The second-order valence-corrected chi connectivity index (χ2v) is 4.04. The molecule has 0 bridgehead atoms. The number of aromatic nitrogens is 3. The van der Waals surface area contributed by atoms with Crippen LogP contribution in [0, 0.1) is 11.6 Å². The molecule has 1 heterocycles. The first kappa shape index (κ1) is 13.6. The Kier molecular flexibility index (Phi) is 4.53. The summed E-state index contributed by atoms with van der Waals surface area (Å²) in [5, 5.41) is 19.4. The molecule has 0 unspecified atom stereocenters. The molecule has 1 aromatic heterocycles. The van der Waals surface area contributed by atoms with E-state index in [0.29, 0.717) is 18.8 Å². The summed E-state index contributed by atoms with van der Waals surface area (Å²) in [6, 6.07) is 3.34. The van der Waals surface area contributed by atoms with Gasteiger partial charge >= 0.3 is 0 Å². The van der Waals surface area contributed by atoms with Crippen molar-refractivity contribution in [1.29, 1.82) is 0 Å². The van der Waals surface area contributed by atoms with Gasteiger partial charge in [-0.25, -0.2) is 13.5 Å². The lowest BCUT2D eigenvalue weighted by atomic mass is 10.2. The fourth-order valence-electron chi connectivity index (χ4n) is 1.64. The van der Waals surface area contributed by atoms with Gasteiger partial charge in [0, 0.05) is 24.8 Å². The Morgan fingerprint density at radius 2 is 2.11 bits per heavy atom. The first-order chi connectivity index (χ1) is 9.19. The summed E-state index contributed by atoms with van der Waals surface area (Å²) in [4.78, 5) is 0. The molecule has 0 aliphatic rings. The van der Waals surface area contributed by atoms with Crippen LogP contribution < -0.4 is 5.32 Å². The number of halogens is 2. The fraction of sp³-hybridized carbons (Fsp3) is 0.333. The van der Waals surface area contributed by atoms with Crippen LogP contribution in [-0.2, 0) is 19.6 Å². The molecule has 19 heavy (non-hydrogen) atoms. The number of nitrogens with one attached hydrogen (secondary N) is 1. The van der Waals surface area contributed by atoms with E-state index in [-0.39, 0.29) is 18.7 Å². The predicted octanol–water partition coefficient (Wildman–Crippen LogP) is 0.838. The maximum absolute atomic E-state index is 13.3. The average Bonchev–Trinajstić information content (AvgIpc) is 2.82. The molecule has 1 aromatic carbocycles. The van der Waals surface area contributed by atoms with E-state index in [2.05, 4.69) is 15.6 Å². The van der Waals surface area contributed by atoms with E-state index in [1.54, 1.807) is 6.20 Å². The molecule has 0 amide bonds. The van der Waals surface area contributed by atoms with Crippen molar-refractivity contribution >= 4 is 0 Å². The molecule has 2 N–H and O–H groups in total. The Labute approximate surface area is 108 Å². The highest BCUT2D eigenvalue weighted by molar-refractivity contribution is 5.18. The van der Waals surface area contributed by atoms with Crippen molar-refractivity contribution in [3.05, 3.63) is 47.3 Å². The smallest absolute Gasteiger partial charge is 0.127 e. The summed E-state index contributed by atoms with van der Waals surface area (Å²) in [6.45, 7) is 0.966.